The Bertz CT molecular complexity index is 562. The number of carboxylic acids is 1. The van der Waals surface area contributed by atoms with Crippen molar-refractivity contribution >= 4 is 5.97 Å². The summed E-state index contributed by atoms with van der Waals surface area (Å²) >= 11 is 0. The summed E-state index contributed by atoms with van der Waals surface area (Å²) in [5, 5.41) is 12.5. The topological polar surface area (TPSA) is 80.3 Å². The average Bonchev–Trinajstić information content (AvgIpc) is 2.58. The van der Waals surface area contributed by atoms with Gasteiger partial charge >= 0.3 is 5.97 Å². The van der Waals surface area contributed by atoms with Crippen LogP contribution >= 0.6 is 0 Å². The second kappa shape index (κ2) is 8.92. The maximum atomic E-state index is 10.9. The molecule has 0 aliphatic heterocycles. The standard InChI is InChI=1S/C18H28N2O5/c1-5-20(11-18(21)22)13-6-12(7-13)19-10-15-16(24-3)8-14(23-2)9-17(15)25-4/h8-9,12-13,19H,5-7,10-11H2,1-4H3,(H,21,22). The van der Waals surface area contributed by atoms with Crippen molar-refractivity contribution in [2.24, 2.45) is 0 Å². The lowest BCUT2D eigenvalue weighted by molar-refractivity contribution is -0.139. The van der Waals surface area contributed by atoms with Gasteiger partial charge < -0.3 is 24.6 Å². The van der Waals surface area contributed by atoms with Gasteiger partial charge in [0.05, 0.1) is 33.4 Å². The Kier molecular flexibility index (Phi) is 6.90. The number of carbonyl (C=O) groups is 1. The van der Waals surface area contributed by atoms with E-state index in [1.807, 2.05) is 24.0 Å². The van der Waals surface area contributed by atoms with Gasteiger partial charge in [-0.3, -0.25) is 9.69 Å². The predicted octanol–water partition coefficient (Wildman–Crippen LogP) is 1.74. The lowest BCUT2D eigenvalue weighted by atomic mass is 9.85. The smallest absolute Gasteiger partial charge is 0.317 e. The van der Waals surface area contributed by atoms with E-state index in [2.05, 4.69) is 5.32 Å². The fourth-order valence-corrected chi connectivity index (χ4v) is 3.22. The molecule has 0 aromatic heterocycles. The molecular formula is C18H28N2O5. The zero-order chi connectivity index (χ0) is 18.4. The first kappa shape index (κ1) is 19.3. The molecule has 0 bridgehead atoms. The van der Waals surface area contributed by atoms with Crippen LogP contribution in [0.3, 0.4) is 0 Å². The highest BCUT2D eigenvalue weighted by Gasteiger charge is 2.33. The van der Waals surface area contributed by atoms with Gasteiger partial charge in [-0.1, -0.05) is 6.92 Å². The van der Waals surface area contributed by atoms with Gasteiger partial charge in [0.15, 0.2) is 0 Å². The molecular weight excluding hydrogens is 324 g/mol. The van der Waals surface area contributed by atoms with Crippen LogP contribution in [0, 0.1) is 0 Å². The molecule has 25 heavy (non-hydrogen) atoms. The summed E-state index contributed by atoms with van der Waals surface area (Å²) < 4.78 is 16.2. The quantitative estimate of drug-likeness (QED) is 0.664. The summed E-state index contributed by atoms with van der Waals surface area (Å²) in [6, 6.07) is 4.38. The van der Waals surface area contributed by atoms with Gasteiger partial charge in [0.25, 0.3) is 0 Å². The minimum absolute atomic E-state index is 0.105. The minimum Gasteiger partial charge on any atom is -0.496 e. The average molecular weight is 352 g/mol. The second-order valence-electron chi connectivity index (χ2n) is 6.17. The highest BCUT2D eigenvalue weighted by atomic mass is 16.5. The molecule has 2 rings (SSSR count). The SMILES string of the molecule is CCN(CC(=O)O)C1CC(NCc2c(OC)cc(OC)cc2OC)C1. The number of hydrogen-bond donors (Lipinski definition) is 2. The van der Waals surface area contributed by atoms with E-state index in [4.69, 9.17) is 19.3 Å². The highest BCUT2D eigenvalue weighted by Crippen LogP contribution is 2.34. The van der Waals surface area contributed by atoms with Crippen LogP contribution in [0.5, 0.6) is 17.2 Å². The van der Waals surface area contributed by atoms with E-state index in [0.717, 1.165) is 36.4 Å². The van der Waals surface area contributed by atoms with Crippen molar-refractivity contribution in [3.05, 3.63) is 17.7 Å². The lowest BCUT2D eigenvalue weighted by Gasteiger charge is -2.42. The van der Waals surface area contributed by atoms with Crippen molar-refractivity contribution in [1.82, 2.24) is 10.2 Å². The molecule has 0 saturated heterocycles. The molecule has 0 radical (unpaired) electrons. The molecule has 7 nitrogen and oxygen atoms in total. The summed E-state index contributed by atoms with van der Waals surface area (Å²) in [6.45, 7) is 3.48. The summed E-state index contributed by atoms with van der Waals surface area (Å²) in [5.74, 6) is 1.36. The number of hydrogen-bond acceptors (Lipinski definition) is 6. The van der Waals surface area contributed by atoms with Crippen LogP contribution in [0.4, 0.5) is 0 Å². The number of methoxy groups -OCH3 is 3. The van der Waals surface area contributed by atoms with Crippen LogP contribution in [-0.4, -0.2) is 62.5 Å². The fraction of sp³-hybridized carbons (Fsp3) is 0.611. The zero-order valence-electron chi connectivity index (χ0n) is 15.4. The zero-order valence-corrected chi connectivity index (χ0v) is 15.4. The third kappa shape index (κ3) is 4.76. The first-order valence-corrected chi connectivity index (χ1v) is 8.50. The third-order valence-corrected chi connectivity index (χ3v) is 4.76. The molecule has 0 amide bonds. The van der Waals surface area contributed by atoms with Gasteiger partial charge in [0.1, 0.15) is 17.2 Å². The third-order valence-electron chi connectivity index (χ3n) is 4.76. The first-order valence-electron chi connectivity index (χ1n) is 8.50. The molecule has 1 aliphatic carbocycles. The van der Waals surface area contributed by atoms with Crippen LogP contribution in [0.25, 0.3) is 0 Å². The number of ether oxygens (including phenoxy) is 3. The van der Waals surface area contributed by atoms with Crippen molar-refractivity contribution in [2.75, 3.05) is 34.4 Å². The van der Waals surface area contributed by atoms with Crippen molar-refractivity contribution < 1.29 is 24.1 Å². The Morgan fingerprint density at radius 3 is 2.24 bits per heavy atom. The molecule has 140 valence electrons. The Hall–Kier alpha value is -1.99. The van der Waals surface area contributed by atoms with E-state index in [9.17, 15) is 4.79 Å². The van der Waals surface area contributed by atoms with Gasteiger partial charge in [-0.05, 0) is 19.4 Å². The second-order valence-corrected chi connectivity index (χ2v) is 6.17. The van der Waals surface area contributed by atoms with Gasteiger partial charge in [-0.2, -0.15) is 0 Å². The largest absolute Gasteiger partial charge is 0.496 e. The van der Waals surface area contributed by atoms with E-state index in [1.54, 1.807) is 21.3 Å². The summed E-state index contributed by atoms with van der Waals surface area (Å²) in [4.78, 5) is 12.9. The number of aliphatic carboxylic acids is 1. The van der Waals surface area contributed by atoms with E-state index >= 15 is 0 Å². The maximum absolute atomic E-state index is 10.9. The molecule has 0 atom stereocenters. The molecule has 1 aliphatic rings. The molecule has 7 heteroatoms. The molecule has 0 unspecified atom stereocenters. The normalized spacial score (nSPS) is 19.4. The Morgan fingerprint density at radius 1 is 1.20 bits per heavy atom. The van der Waals surface area contributed by atoms with Crippen molar-refractivity contribution in [1.29, 1.82) is 0 Å². The predicted molar refractivity (Wildman–Crippen MR) is 94.6 cm³/mol. The minimum atomic E-state index is -0.772. The molecule has 2 N–H and O–H groups in total. The van der Waals surface area contributed by atoms with Crippen LogP contribution in [0.2, 0.25) is 0 Å². The molecule has 1 saturated carbocycles. The number of carboxylic acid groups (broad SMARTS) is 1. The fourth-order valence-electron chi connectivity index (χ4n) is 3.22. The number of nitrogens with one attached hydrogen (secondary N) is 1. The summed E-state index contributed by atoms with van der Waals surface area (Å²) in [7, 11) is 4.86. The number of likely N-dealkylation sites (N-methyl/N-ethyl adjacent to an activating group) is 1. The van der Waals surface area contributed by atoms with Gasteiger partial charge in [0, 0.05) is 30.8 Å². The van der Waals surface area contributed by atoms with Crippen LogP contribution in [0.15, 0.2) is 12.1 Å². The Labute approximate surface area is 148 Å². The highest BCUT2D eigenvalue weighted by molar-refractivity contribution is 5.69. The van der Waals surface area contributed by atoms with Crippen LogP contribution < -0.4 is 19.5 Å². The first-order chi connectivity index (χ1) is 12.0. The lowest BCUT2D eigenvalue weighted by Crippen LogP contribution is -2.53. The van der Waals surface area contributed by atoms with Gasteiger partial charge in [0.2, 0.25) is 0 Å². The maximum Gasteiger partial charge on any atom is 0.317 e. The van der Waals surface area contributed by atoms with Crippen molar-refractivity contribution in [2.45, 2.75) is 38.4 Å². The summed E-state index contributed by atoms with van der Waals surface area (Å²) in [6.07, 6.45) is 1.89. The van der Waals surface area contributed by atoms with Crippen LogP contribution in [0.1, 0.15) is 25.3 Å². The number of rotatable bonds is 10. The monoisotopic (exact) mass is 352 g/mol. The molecule has 0 spiro atoms. The van der Waals surface area contributed by atoms with Crippen molar-refractivity contribution in [3.8, 4) is 17.2 Å². The van der Waals surface area contributed by atoms with E-state index in [1.165, 1.54) is 0 Å². The van der Waals surface area contributed by atoms with E-state index in [0.29, 0.717) is 24.4 Å². The molecule has 0 heterocycles. The Balaban J connectivity index is 1.93. The number of nitrogens with zero attached hydrogens (tertiary/aromatic N) is 1. The number of benzene rings is 1. The molecule has 1 aromatic carbocycles. The molecule has 1 aromatic rings. The van der Waals surface area contributed by atoms with Crippen molar-refractivity contribution in [3.63, 3.8) is 0 Å². The van der Waals surface area contributed by atoms with E-state index < -0.39 is 5.97 Å². The summed E-state index contributed by atoms with van der Waals surface area (Å²) in [5.41, 5.74) is 0.951. The Morgan fingerprint density at radius 2 is 1.80 bits per heavy atom. The van der Waals surface area contributed by atoms with E-state index in [-0.39, 0.29) is 6.54 Å². The van der Waals surface area contributed by atoms with Gasteiger partial charge in [-0.25, -0.2) is 0 Å². The van der Waals surface area contributed by atoms with Gasteiger partial charge in [-0.15, -0.1) is 0 Å². The molecule has 1 fully saturated rings. The van der Waals surface area contributed by atoms with Crippen LogP contribution in [-0.2, 0) is 11.3 Å².